The molecular formula is C11H13F2NO. The Morgan fingerprint density at radius 3 is 2.67 bits per heavy atom. The quantitative estimate of drug-likeness (QED) is 0.763. The lowest BCUT2D eigenvalue weighted by atomic mass is 10.0. The van der Waals surface area contributed by atoms with Crippen LogP contribution in [-0.2, 0) is 0 Å². The molecule has 0 spiro atoms. The standard InChI is InChI=1S/C11H13F2NO/c1-2-5-9(14)8-6-3-4-7-10(8)15-11(12)13/h2-4,6-7,9,11H,1,5,14H2/t9-/m0/s1. The second-order valence-electron chi connectivity index (χ2n) is 3.05. The van der Waals surface area contributed by atoms with Crippen LogP contribution in [0.25, 0.3) is 0 Å². The summed E-state index contributed by atoms with van der Waals surface area (Å²) in [5.74, 6) is 0.127. The minimum atomic E-state index is -2.83. The molecule has 0 radical (unpaired) electrons. The molecule has 0 aliphatic carbocycles. The van der Waals surface area contributed by atoms with E-state index < -0.39 is 6.61 Å². The van der Waals surface area contributed by atoms with Crippen LogP contribution in [0.15, 0.2) is 36.9 Å². The van der Waals surface area contributed by atoms with Crippen LogP contribution in [0, 0.1) is 0 Å². The monoisotopic (exact) mass is 213 g/mol. The summed E-state index contributed by atoms with van der Waals surface area (Å²) in [6.45, 7) is 0.716. The molecule has 0 saturated carbocycles. The Morgan fingerprint density at radius 2 is 2.07 bits per heavy atom. The SMILES string of the molecule is C=CC[C@H](N)c1ccccc1OC(F)F. The Kier molecular flexibility index (Phi) is 4.24. The molecule has 82 valence electrons. The van der Waals surface area contributed by atoms with E-state index in [2.05, 4.69) is 11.3 Å². The Bertz CT molecular complexity index is 328. The normalized spacial score (nSPS) is 12.5. The van der Waals surface area contributed by atoms with Crippen LogP contribution in [-0.4, -0.2) is 6.61 Å². The Hall–Kier alpha value is -1.42. The van der Waals surface area contributed by atoms with E-state index >= 15 is 0 Å². The summed E-state index contributed by atoms with van der Waals surface area (Å²) in [6.07, 6.45) is 2.16. The number of hydrogen-bond donors (Lipinski definition) is 1. The van der Waals surface area contributed by atoms with Gasteiger partial charge in [-0.1, -0.05) is 24.3 Å². The van der Waals surface area contributed by atoms with Crippen LogP contribution >= 0.6 is 0 Å². The number of nitrogens with two attached hydrogens (primary N) is 1. The Labute approximate surface area is 87.4 Å². The summed E-state index contributed by atoms with van der Waals surface area (Å²) >= 11 is 0. The maximum Gasteiger partial charge on any atom is 0.387 e. The zero-order valence-corrected chi connectivity index (χ0v) is 8.20. The van der Waals surface area contributed by atoms with E-state index in [0.717, 1.165) is 0 Å². The highest BCUT2D eigenvalue weighted by Crippen LogP contribution is 2.26. The second-order valence-corrected chi connectivity index (χ2v) is 3.05. The van der Waals surface area contributed by atoms with E-state index in [-0.39, 0.29) is 11.8 Å². The fourth-order valence-corrected chi connectivity index (χ4v) is 1.30. The summed E-state index contributed by atoms with van der Waals surface area (Å²) in [5, 5.41) is 0. The molecule has 4 heteroatoms. The van der Waals surface area contributed by atoms with Gasteiger partial charge >= 0.3 is 6.61 Å². The largest absolute Gasteiger partial charge is 0.434 e. The average molecular weight is 213 g/mol. The van der Waals surface area contributed by atoms with Gasteiger partial charge in [0.05, 0.1) is 0 Å². The van der Waals surface area contributed by atoms with E-state index in [1.165, 1.54) is 6.07 Å². The summed E-state index contributed by atoms with van der Waals surface area (Å²) in [5.41, 5.74) is 6.35. The highest BCUT2D eigenvalue weighted by Gasteiger charge is 2.13. The lowest BCUT2D eigenvalue weighted by Crippen LogP contribution is -2.12. The molecule has 1 aromatic carbocycles. The molecule has 2 N–H and O–H groups in total. The van der Waals surface area contributed by atoms with E-state index in [0.29, 0.717) is 12.0 Å². The number of para-hydroxylation sites is 1. The number of benzene rings is 1. The molecule has 0 saturated heterocycles. The van der Waals surface area contributed by atoms with Crippen LogP contribution in [0.4, 0.5) is 8.78 Å². The van der Waals surface area contributed by atoms with E-state index in [1.54, 1.807) is 24.3 Å². The third-order valence-corrected chi connectivity index (χ3v) is 1.96. The first-order valence-corrected chi connectivity index (χ1v) is 4.55. The predicted molar refractivity (Wildman–Crippen MR) is 54.8 cm³/mol. The van der Waals surface area contributed by atoms with Crippen LogP contribution in [0.3, 0.4) is 0 Å². The van der Waals surface area contributed by atoms with Crippen molar-refractivity contribution in [2.45, 2.75) is 19.1 Å². The highest BCUT2D eigenvalue weighted by molar-refractivity contribution is 5.36. The fraction of sp³-hybridized carbons (Fsp3) is 0.273. The van der Waals surface area contributed by atoms with Crippen LogP contribution < -0.4 is 10.5 Å². The summed E-state index contributed by atoms with van der Waals surface area (Å²) in [6, 6.07) is 6.15. The first kappa shape index (κ1) is 11.7. The second kappa shape index (κ2) is 5.46. The van der Waals surface area contributed by atoms with E-state index in [1.807, 2.05) is 0 Å². The average Bonchev–Trinajstić information content (AvgIpc) is 2.18. The van der Waals surface area contributed by atoms with Gasteiger partial charge in [-0.15, -0.1) is 6.58 Å². The lowest BCUT2D eigenvalue weighted by molar-refractivity contribution is -0.0506. The fourth-order valence-electron chi connectivity index (χ4n) is 1.30. The van der Waals surface area contributed by atoms with Gasteiger partial charge in [0.25, 0.3) is 0 Å². The molecule has 0 aliphatic heterocycles. The molecule has 0 bridgehead atoms. The Morgan fingerprint density at radius 1 is 1.40 bits per heavy atom. The van der Waals surface area contributed by atoms with Crippen molar-refractivity contribution in [1.29, 1.82) is 0 Å². The van der Waals surface area contributed by atoms with Gasteiger partial charge in [0.1, 0.15) is 5.75 Å². The third-order valence-electron chi connectivity index (χ3n) is 1.96. The van der Waals surface area contributed by atoms with Crippen molar-refractivity contribution in [2.24, 2.45) is 5.73 Å². The number of ether oxygens (including phenoxy) is 1. The number of rotatable bonds is 5. The van der Waals surface area contributed by atoms with Gasteiger partial charge in [-0.3, -0.25) is 0 Å². The maximum absolute atomic E-state index is 12.1. The smallest absolute Gasteiger partial charge is 0.387 e. The topological polar surface area (TPSA) is 35.2 Å². The van der Waals surface area contributed by atoms with Crippen LogP contribution in [0.5, 0.6) is 5.75 Å². The van der Waals surface area contributed by atoms with E-state index in [9.17, 15) is 8.78 Å². The molecule has 0 aromatic heterocycles. The van der Waals surface area contributed by atoms with Gasteiger partial charge < -0.3 is 10.5 Å². The highest BCUT2D eigenvalue weighted by atomic mass is 19.3. The summed E-state index contributed by atoms with van der Waals surface area (Å²) < 4.78 is 28.5. The first-order valence-electron chi connectivity index (χ1n) is 4.55. The van der Waals surface area contributed by atoms with Gasteiger partial charge in [-0.25, -0.2) is 0 Å². The van der Waals surface area contributed by atoms with Crippen LogP contribution in [0.1, 0.15) is 18.0 Å². The molecule has 0 heterocycles. The molecule has 1 aromatic rings. The van der Waals surface area contributed by atoms with Crippen molar-refractivity contribution in [3.8, 4) is 5.75 Å². The van der Waals surface area contributed by atoms with Gasteiger partial charge in [-0.05, 0) is 12.5 Å². The molecule has 0 aliphatic rings. The molecule has 0 fully saturated rings. The molecule has 2 nitrogen and oxygen atoms in total. The number of halogens is 2. The zero-order valence-electron chi connectivity index (χ0n) is 8.20. The molecule has 0 unspecified atom stereocenters. The molecule has 15 heavy (non-hydrogen) atoms. The lowest BCUT2D eigenvalue weighted by Gasteiger charge is -2.14. The predicted octanol–water partition coefficient (Wildman–Crippen LogP) is 2.86. The van der Waals surface area contributed by atoms with Crippen molar-refractivity contribution in [3.05, 3.63) is 42.5 Å². The van der Waals surface area contributed by atoms with Gasteiger partial charge in [0.2, 0.25) is 0 Å². The van der Waals surface area contributed by atoms with E-state index in [4.69, 9.17) is 5.73 Å². The van der Waals surface area contributed by atoms with Gasteiger partial charge in [-0.2, -0.15) is 8.78 Å². The Balaban J connectivity index is 2.89. The molecule has 1 rings (SSSR count). The van der Waals surface area contributed by atoms with Crippen molar-refractivity contribution in [1.82, 2.24) is 0 Å². The summed E-state index contributed by atoms with van der Waals surface area (Å²) in [4.78, 5) is 0. The van der Waals surface area contributed by atoms with Crippen molar-refractivity contribution >= 4 is 0 Å². The molecular weight excluding hydrogens is 200 g/mol. The third kappa shape index (κ3) is 3.32. The van der Waals surface area contributed by atoms with Crippen molar-refractivity contribution in [2.75, 3.05) is 0 Å². The molecule has 0 amide bonds. The van der Waals surface area contributed by atoms with Gasteiger partial charge in [0.15, 0.2) is 0 Å². The van der Waals surface area contributed by atoms with Gasteiger partial charge in [0, 0.05) is 11.6 Å². The van der Waals surface area contributed by atoms with Crippen LogP contribution in [0.2, 0.25) is 0 Å². The minimum absolute atomic E-state index is 0.127. The molecule has 1 atom stereocenters. The number of hydrogen-bond acceptors (Lipinski definition) is 2. The minimum Gasteiger partial charge on any atom is -0.434 e. The summed E-state index contributed by atoms with van der Waals surface area (Å²) in [7, 11) is 0. The van der Waals surface area contributed by atoms with Crippen molar-refractivity contribution < 1.29 is 13.5 Å². The maximum atomic E-state index is 12.1. The van der Waals surface area contributed by atoms with Crippen molar-refractivity contribution in [3.63, 3.8) is 0 Å². The number of alkyl halides is 2. The zero-order chi connectivity index (χ0) is 11.3. The first-order chi connectivity index (χ1) is 7.15.